The number of thiocarbonyl (C=S) groups is 1. The van der Waals surface area contributed by atoms with Crippen molar-refractivity contribution in [3.63, 3.8) is 0 Å². The Bertz CT molecular complexity index is 707. The van der Waals surface area contributed by atoms with Crippen LogP contribution < -0.4 is 10.6 Å². The Hall–Kier alpha value is -2.03. The maximum Gasteiger partial charge on any atom is 0.170 e. The second-order valence-corrected chi connectivity index (χ2v) is 6.59. The Morgan fingerprint density at radius 2 is 2.04 bits per heavy atom. The highest BCUT2D eigenvalue weighted by Gasteiger charge is 2.01. The molecular formula is C18H19N3S2. The van der Waals surface area contributed by atoms with Gasteiger partial charge in [-0.15, -0.1) is 0 Å². The highest BCUT2D eigenvalue weighted by molar-refractivity contribution is 7.98. The number of rotatable bonds is 6. The van der Waals surface area contributed by atoms with E-state index in [-0.39, 0.29) is 0 Å². The van der Waals surface area contributed by atoms with E-state index in [1.54, 1.807) is 11.8 Å². The molecule has 2 aromatic carbocycles. The van der Waals surface area contributed by atoms with Crippen LogP contribution in [0.25, 0.3) is 0 Å². The number of nitrogens with zero attached hydrogens (tertiary/aromatic N) is 1. The molecule has 0 aliphatic rings. The van der Waals surface area contributed by atoms with Gasteiger partial charge in [0.2, 0.25) is 0 Å². The fourth-order valence-corrected chi connectivity index (χ4v) is 3.15. The van der Waals surface area contributed by atoms with Crippen molar-refractivity contribution in [3.8, 4) is 6.07 Å². The number of hydrogen-bond acceptors (Lipinski definition) is 3. The van der Waals surface area contributed by atoms with Crippen LogP contribution in [0.5, 0.6) is 0 Å². The predicted octanol–water partition coefficient (Wildman–Crippen LogP) is 4.09. The summed E-state index contributed by atoms with van der Waals surface area (Å²) in [6.45, 7) is 2.84. The van der Waals surface area contributed by atoms with Gasteiger partial charge in [0, 0.05) is 23.7 Å². The number of aryl methyl sites for hydroxylation is 1. The van der Waals surface area contributed by atoms with E-state index in [1.807, 2.05) is 36.4 Å². The first-order chi connectivity index (χ1) is 11.2. The Morgan fingerprint density at radius 3 is 2.83 bits per heavy atom. The number of hydrogen-bond donors (Lipinski definition) is 2. The van der Waals surface area contributed by atoms with Crippen molar-refractivity contribution < 1.29 is 0 Å². The second-order valence-electron chi connectivity index (χ2n) is 5.07. The molecule has 2 N–H and O–H groups in total. The summed E-state index contributed by atoms with van der Waals surface area (Å²) in [5.41, 5.74) is 4.03. The first kappa shape index (κ1) is 17.3. The summed E-state index contributed by atoms with van der Waals surface area (Å²) in [5, 5.41) is 16.1. The standard InChI is InChI=1S/C18H19N3S2/c1-14-5-4-8-17(11-14)21-18(22)20-9-10-23-13-16-7-3-2-6-15(16)12-19/h2-8,11H,9-10,13H2,1H3,(H2,20,21,22). The van der Waals surface area contributed by atoms with Crippen LogP contribution in [0.15, 0.2) is 48.5 Å². The van der Waals surface area contributed by atoms with Crippen LogP contribution >= 0.6 is 24.0 Å². The molecular weight excluding hydrogens is 322 g/mol. The highest BCUT2D eigenvalue weighted by Crippen LogP contribution is 2.15. The molecule has 3 nitrogen and oxygen atoms in total. The minimum absolute atomic E-state index is 0.633. The fourth-order valence-electron chi connectivity index (χ4n) is 2.07. The summed E-state index contributed by atoms with van der Waals surface area (Å²) in [6.07, 6.45) is 0. The van der Waals surface area contributed by atoms with Gasteiger partial charge in [0.15, 0.2) is 5.11 Å². The summed E-state index contributed by atoms with van der Waals surface area (Å²) < 4.78 is 0. The molecule has 0 amide bonds. The van der Waals surface area contributed by atoms with Crippen LogP contribution in [-0.2, 0) is 5.75 Å². The molecule has 0 unspecified atom stereocenters. The summed E-state index contributed by atoms with van der Waals surface area (Å²) in [5.74, 6) is 1.76. The van der Waals surface area contributed by atoms with Crippen molar-refractivity contribution >= 4 is 34.8 Å². The van der Waals surface area contributed by atoms with Crippen molar-refractivity contribution in [2.75, 3.05) is 17.6 Å². The number of thioether (sulfide) groups is 1. The van der Waals surface area contributed by atoms with Crippen molar-refractivity contribution in [3.05, 3.63) is 65.2 Å². The molecule has 23 heavy (non-hydrogen) atoms. The number of anilines is 1. The lowest BCUT2D eigenvalue weighted by Gasteiger charge is -2.11. The third kappa shape index (κ3) is 5.93. The van der Waals surface area contributed by atoms with Gasteiger partial charge in [-0.2, -0.15) is 17.0 Å². The average molecular weight is 342 g/mol. The lowest BCUT2D eigenvalue weighted by molar-refractivity contribution is 0.989. The quantitative estimate of drug-likeness (QED) is 0.612. The van der Waals surface area contributed by atoms with E-state index >= 15 is 0 Å². The van der Waals surface area contributed by atoms with Crippen LogP contribution in [-0.4, -0.2) is 17.4 Å². The Labute approximate surface area is 147 Å². The van der Waals surface area contributed by atoms with E-state index in [9.17, 15) is 0 Å². The molecule has 0 spiro atoms. The van der Waals surface area contributed by atoms with Crippen LogP contribution in [0.1, 0.15) is 16.7 Å². The molecule has 0 atom stereocenters. The van der Waals surface area contributed by atoms with Gasteiger partial charge in [-0.05, 0) is 48.5 Å². The molecule has 0 aliphatic carbocycles. The zero-order chi connectivity index (χ0) is 16.5. The maximum atomic E-state index is 9.06. The minimum atomic E-state index is 0.633. The first-order valence-corrected chi connectivity index (χ1v) is 8.92. The van der Waals surface area contributed by atoms with Gasteiger partial charge in [-0.1, -0.05) is 30.3 Å². The molecule has 2 aromatic rings. The van der Waals surface area contributed by atoms with E-state index in [0.29, 0.717) is 5.11 Å². The van der Waals surface area contributed by atoms with E-state index in [0.717, 1.165) is 34.9 Å². The summed E-state index contributed by atoms with van der Waals surface area (Å²) >= 11 is 7.07. The number of nitrogens with one attached hydrogen (secondary N) is 2. The molecule has 0 saturated heterocycles. The van der Waals surface area contributed by atoms with E-state index < -0.39 is 0 Å². The summed E-state index contributed by atoms with van der Waals surface area (Å²) in [4.78, 5) is 0. The summed E-state index contributed by atoms with van der Waals surface area (Å²) in [7, 11) is 0. The van der Waals surface area contributed by atoms with Crippen LogP contribution in [0.3, 0.4) is 0 Å². The molecule has 0 aromatic heterocycles. The van der Waals surface area contributed by atoms with Gasteiger partial charge >= 0.3 is 0 Å². The van der Waals surface area contributed by atoms with Gasteiger partial charge in [0.1, 0.15) is 0 Å². The number of nitriles is 1. The molecule has 118 valence electrons. The second kappa shape index (κ2) is 9.19. The monoisotopic (exact) mass is 341 g/mol. The Balaban J connectivity index is 1.67. The maximum absolute atomic E-state index is 9.06. The first-order valence-electron chi connectivity index (χ1n) is 7.36. The molecule has 0 fully saturated rings. The molecule has 2 rings (SSSR count). The van der Waals surface area contributed by atoms with Crippen molar-refractivity contribution in [1.29, 1.82) is 5.26 Å². The topological polar surface area (TPSA) is 47.8 Å². The van der Waals surface area contributed by atoms with E-state index in [4.69, 9.17) is 17.5 Å². The zero-order valence-electron chi connectivity index (χ0n) is 13.0. The molecule has 0 aliphatic heterocycles. The van der Waals surface area contributed by atoms with E-state index in [2.05, 4.69) is 35.8 Å². The molecule has 5 heteroatoms. The third-order valence-electron chi connectivity index (χ3n) is 3.20. The van der Waals surface area contributed by atoms with Gasteiger partial charge in [-0.25, -0.2) is 0 Å². The Morgan fingerprint density at radius 1 is 1.22 bits per heavy atom. The van der Waals surface area contributed by atoms with Gasteiger partial charge < -0.3 is 10.6 Å². The SMILES string of the molecule is Cc1cccc(NC(=S)NCCSCc2ccccc2C#N)c1. The smallest absolute Gasteiger partial charge is 0.170 e. The minimum Gasteiger partial charge on any atom is -0.362 e. The largest absolute Gasteiger partial charge is 0.362 e. The molecule has 0 heterocycles. The molecule has 0 saturated carbocycles. The van der Waals surface area contributed by atoms with Crippen LogP contribution in [0.4, 0.5) is 5.69 Å². The summed E-state index contributed by atoms with van der Waals surface area (Å²) in [6, 6.07) is 18.1. The van der Waals surface area contributed by atoms with Gasteiger partial charge in [-0.3, -0.25) is 0 Å². The molecule has 0 bridgehead atoms. The van der Waals surface area contributed by atoms with Gasteiger partial charge in [0.25, 0.3) is 0 Å². The fraction of sp³-hybridized carbons (Fsp3) is 0.222. The van der Waals surface area contributed by atoms with Crippen molar-refractivity contribution in [2.24, 2.45) is 0 Å². The van der Waals surface area contributed by atoms with Crippen molar-refractivity contribution in [1.82, 2.24) is 5.32 Å². The van der Waals surface area contributed by atoms with Crippen molar-refractivity contribution in [2.45, 2.75) is 12.7 Å². The lowest BCUT2D eigenvalue weighted by atomic mass is 10.1. The third-order valence-corrected chi connectivity index (χ3v) is 4.46. The highest BCUT2D eigenvalue weighted by atomic mass is 32.2. The van der Waals surface area contributed by atoms with Gasteiger partial charge in [0.05, 0.1) is 11.6 Å². The van der Waals surface area contributed by atoms with E-state index in [1.165, 1.54) is 5.56 Å². The zero-order valence-corrected chi connectivity index (χ0v) is 14.6. The van der Waals surface area contributed by atoms with Crippen LogP contribution in [0.2, 0.25) is 0 Å². The van der Waals surface area contributed by atoms with Crippen LogP contribution in [0, 0.1) is 18.3 Å². The lowest BCUT2D eigenvalue weighted by Crippen LogP contribution is -2.30. The number of benzene rings is 2. The average Bonchev–Trinajstić information content (AvgIpc) is 2.55. The Kier molecular flexibility index (Phi) is 6.92. The predicted molar refractivity (Wildman–Crippen MR) is 103 cm³/mol. The molecule has 0 radical (unpaired) electrons. The normalized spacial score (nSPS) is 9.91.